The molecular weight excluding hydrogens is 368 g/mol. The molecule has 6 nitrogen and oxygen atoms in total. The summed E-state index contributed by atoms with van der Waals surface area (Å²) < 4.78 is 16.7. The van der Waals surface area contributed by atoms with E-state index in [-0.39, 0.29) is 25.0 Å². The minimum atomic E-state index is -0.358. The third kappa shape index (κ3) is 2.89. The van der Waals surface area contributed by atoms with Crippen LogP contribution in [0.15, 0.2) is 36.4 Å². The van der Waals surface area contributed by atoms with Crippen molar-refractivity contribution in [2.75, 3.05) is 25.3 Å². The van der Waals surface area contributed by atoms with Gasteiger partial charge >= 0.3 is 0 Å². The summed E-state index contributed by atoms with van der Waals surface area (Å²) in [5.74, 6) is 1.13. The number of halogens is 1. The average Bonchev–Trinajstić information content (AvgIpc) is 3.35. The second-order valence-electron chi connectivity index (χ2n) is 6.92. The second kappa shape index (κ2) is 6.62. The van der Waals surface area contributed by atoms with Crippen LogP contribution >= 0.6 is 11.6 Å². The smallest absolute Gasteiger partial charge is 0.257 e. The zero-order chi connectivity index (χ0) is 18.4. The Morgan fingerprint density at radius 1 is 1.22 bits per heavy atom. The lowest BCUT2D eigenvalue weighted by molar-refractivity contribution is 0.0427. The van der Waals surface area contributed by atoms with Crippen molar-refractivity contribution in [2.24, 2.45) is 0 Å². The van der Waals surface area contributed by atoms with Crippen LogP contribution in [0.3, 0.4) is 0 Å². The van der Waals surface area contributed by atoms with E-state index in [0.29, 0.717) is 28.6 Å². The van der Waals surface area contributed by atoms with E-state index in [4.69, 9.17) is 25.8 Å². The highest BCUT2D eigenvalue weighted by Crippen LogP contribution is 2.43. The van der Waals surface area contributed by atoms with Gasteiger partial charge in [-0.3, -0.25) is 4.79 Å². The molecule has 0 aliphatic carbocycles. The molecule has 0 aromatic heterocycles. The first-order valence-electron chi connectivity index (χ1n) is 9.08. The van der Waals surface area contributed by atoms with E-state index in [1.54, 1.807) is 0 Å². The van der Waals surface area contributed by atoms with Crippen molar-refractivity contribution < 1.29 is 19.0 Å². The molecule has 1 saturated heterocycles. The van der Waals surface area contributed by atoms with E-state index >= 15 is 0 Å². The van der Waals surface area contributed by atoms with E-state index < -0.39 is 0 Å². The number of para-hydroxylation sites is 1. The standard InChI is InChI=1S/C20H19ClN2O4/c21-15-8-12(9-17-18(15)27-11-26-17)19-22-16-6-2-1-5-14(16)20(24)23(19)10-13-4-3-7-25-13/h1-2,5-6,8-9,13,19,22H,3-4,7,10-11H2/t13-,19+/m0/s1. The Bertz CT molecular complexity index is 898. The van der Waals surface area contributed by atoms with Gasteiger partial charge in [-0.15, -0.1) is 0 Å². The molecule has 0 radical (unpaired) electrons. The maximum absolute atomic E-state index is 13.2. The SMILES string of the molecule is O=C1c2ccccc2N[C@@H](c2cc(Cl)c3c(c2)OCO3)N1C[C@@H]1CCCO1. The summed E-state index contributed by atoms with van der Waals surface area (Å²) in [6, 6.07) is 11.3. The first-order valence-corrected chi connectivity index (χ1v) is 9.45. The van der Waals surface area contributed by atoms with Crippen molar-refractivity contribution in [3.63, 3.8) is 0 Å². The van der Waals surface area contributed by atoms with Gasteiger partial charge in [-0.2, -0.15) is 0 Å². The molecule has 27 heavy (non-hydrogen) atoms. The van der Waals surface area contributed by atoms with Gasteiger partial charge in [0.25, 0.3) is 5.91 Å². The van der Waals surface area contributed by atoms with E-state index in [1.165, 1.54) is 0 Å². The quantitative estimate of drug-likeness (QED) is 0.869. The van der Waals surface area contributed by atoms with E-state index in [2.05, 4.69) is 5.32 Å². The maximum Gasteiger partial charge on any atom is 0.257 e. The van der Waals surface area contributed by atoms with Gasteiger partial charge in [-0.1, -0.05) is 23.7 Å². The van der Waals surface area contributed by atoms with Gasteiger partial charge in [0.05, 0.1) is 16.7 Å². The lowest BCUT2D eigenvalue weighted by Gasteiger charge is -2.39. The molecule has 0 unspecified atom stereocenters. The van der Waals surface area contributed by atoms with Crippen molar-refractivity contribution in [2.45, 2.75) is 25.1 Å². The minimum absolute atomic E-state index is 0.0151. The van der Waals surface area contributed by atoms with Crippen LogP contribution < -0.4 is 14.8 Å². The van der Waals surface area contributed by atoms with Gasteiger partial charge in [-0.25, -0.2) is 0 Å². The number of fused-ring (bicyclic) bond motifs is 2. The van der Waals surface area contributed by atoms with Crippen LogP contribution in [0, 0.1) is 0 Å². The number of nitrogens with one attached hydrogen (secondary N) is 1. The summed E-state index contributed by atoms with van der Waals surface area (Å²) in [5, 5.41) is 3.96. The third-order valence-corrected chi connectivity index (χ3v) is 5.49. The van der Waals surface area contributed by atoms with Crippen LogP contribution in [0.1, 0.15) is 34.9 Å². The number of carbonyl (C=O) groups excluding carboxylic acids is 1. The Morgan fingerprint density at radius 2 is 2.11 bits per heavy atom. The van der Waals surface area contributed by atoms with Crippen molar-refractivity contribution in [3.05, 3.63) is 52.5 Å². The summed E-state index contributed by atoms with van der Waals surface area (Å²) in [6.45, 7) is 1.42. The fraction of sp³-hybridized carbons (Fsp3) is 0.350. The van der Waals surface area contributed by atoms with Crippen molar-refractivity contribution in [3.8, 4) is 11.5 Å². The first kappa shape index (κ1) is 16.7. The van der Waals surface area contributed by atoms with Crippen molar-refractivity contribution in [1.29, 1.82) is 0 Å². The van der Waals surface area contributed by atoms with Crippen molar-refractivity contribution in [1.82, 2.24) is 4.90 Å². The summed E-state index contributed by atoms with van der Waals surface area (Å²) >= 11 is 6.39. The summed E-state index contributed by atoms with van der Waals surface area (Å²) in [5.41, 5.74) is 2.33. The summed E-state index contributed by atoms with van der Waals surface area (Å²) in [4.78, 5) is 15.1. The molecule has 1 fully saturated rings. The molecule has 2 aromatic rings. The molecule has 3 aliphatic rings. The van der Waals surface area contributed by atoms with Crippen LogP contribution in [-0.2, 0) is 4.74 Å². The Kier molecular flexibility index (Phi) is 4.10. The number of rotatable bonds is 3. The minimum Gasteiger partial charge on any atom is -0.454 e. The van der Waals surface area contributed by atoms with E-state index in [1.807, 2.05) is 41.3 Å². The molecule has 5 rings (SSSR count). The van der Waals surface area contributed by atoms with Crippen LogP contribution in [-0.4, -0.2) is 36.9 Å². The highest BCUT2D eigenvalue weighted by Gasteiger charge is 2.36. The normalized spacial score (nSPS) is 23.3. The van der Waals surface area contributed by atoms with Crippen molar-refractivity contribution >= 4 is 23.2 Å². The zero-order valence-corrected chi connectivity index (χ0v) is 15.4. The monoisotopic (exact) mass is 386 g/mol. The number of hydrogen-bond donors (Lipinski definition) is 1. The molecule has 1 N–H and O–H groups in total. The first-order chi connectivity index (χ1) is 13.2. The van der Waals surface area contributed by atoms with Gasteiger partial charge in [0, 0.05) is 24.4 Å². The molecule has 0 spiro atoms. The Morgan fingerprint density at radius 3 is 2.96 bits per heavy atom. The zero-order valence-electron chi connectivity index (χ0n) is 14.6. The van der Waals surface area contributed by atoms with E-state index in [9.17, 15) is 4.79 Å². The van der Waals surface area contributed by atoms with Crippen LogP contribution in [0.25, 0.3) is 0 Å². The maximum atomic E-state index is 13.2. The molecule has 1 amide bonds. The topological polar surface area (TPSA) is 60.0 Å². The highest BCUT2D eigenvalue weighted by atomic mass is 35.5. The second-order valence-corrected chi connectivity index (χ2v) is 7.33. The molecular formula is C20H19ClN2O4. The summed E-state index contributed by atoms with van der Waals surface area (Å²) in [6.07, 6.45) is 1.67. The fourth-order valence-corrected chi connectivity index (χ4v) is 4.17. The molecule has 140 valence electrons. The Balaban J connectivity index is 1.55. The van der Waals surface area contributed by atoms with Crippen LogP contribution in [0.4, 0.5) is 5.69 Å². The predicted octanol–water partition coefficient (Wildman–Crippen LogP) is 3.81. The van der Waals surface area contributed by atoms with Gasteiger partial charge < -0.3 is 24.4 Å². The molecule has 0 bridgehead atoms. The Hall–Kier alpha value is -2.44. The van der Waals surface area contributed by atoms with Crippen LogP contribution in [0.2, 0.25) is 5.02 Å². The molecule has 2 atom stereocenters. The molecule has 2 aromatic carbocycles. The van der Waals surface area contributed by atoms with Crippen LogP contribution in [0.5, 0.6) is 11.5 Å². The molecule has 0 saturated carbocycles. The molecule has 3 heterocycles. The highest BCUT2D eigenvalue weighted by molar-refractivity contribution is 6.32. The molecule has 3 aliphatic heterocycles. The lowest BCUT2D eigenvalue weighted by atomic mass is 10.0. The fourth-order valence-electron chi connectivity index (χ4n) is 3.90. The number of ether oxygens (including phenoxy) is 3. The number of hydrogen-bond acceptors (Lipinski definition) is 5. The third-order valence-electron chi connectivity index (χ3n) is 5.21. The number of amides is 1. The number of carbonyl (C=O) groups is 1. The number of benzene rings is 2. The van der Waals surface area contributed by atoms with Gasteiger partial charge in [0.1, 0.15) is 6.17 Å². The number of nitrogens with zero attached hydrogens (tertiary/aromatic N) is 1. The lowest BCUT2D eigenvalue weighted by Crippen LogP contribution is -2.46. The molecule has 7 heteroatoms. The predicted molar refractivity (Wildman–Crippen MR) is 100 cm³/mol. The summed E-state index contributed by atoms with van der Waals surface area (Å²) in [7, 11) is 0. The average molecular weight is 387 g/mol. The largest absolute Gasteiger partial charge is 0.454 e. The van der Waals surface area contributed by atoms with Gasteiger partial charge in [-0.05, 0) is 37.1 Å². The van der Waals surface area contributed by atoms with Gasteiger partial charge in [0.15, 0.2) is 11.5 Å². The van der Waals surface area contributed by atoms with Gasteiger partial charge in [0.2, 0.25) is 6.79 Å². The number of anilines is 1. The Labute approximate surface area is 162 Å². The van der Waals surface area contributed by atoms with E-state index in [0.717, 1.165) is 30.7 Å².